The standard InChI is InChI=1S/C30H23F6N/c1-19-5-3-8-28(20(19)2)37-26-15-9-21(10-16-26)17-27(22-11-13-24(14-12-22)29(31,32)33)23-6-4-7-25(18-23)30(34,35)36/h3-18,37H,1-2H3. The summed E-state index contributed by atoms with van der Waals surface area (Å²) in [5.74, 6) is 0. The lowest BCUT2D eigenvalue weighted by Crippen LogP contribution is -2.06. The SMILES string of the molecule is Cc1cccc(Nc2ccc(C=C(c3ccc(C(F)(F)F)cc3)c3cccc(C(F)(F)F)c3)cc2)c1C. The van der Waals surface area contributed by atoms with Gasteiger partial charge in [0, 0.05) is 11.4 Å². The van der Waals surface area contributed by atoms with Gasteiger partial charge in [-0.2, -0.15) is 26.3 Å². The van der Waals surface area contributed by atoms with Crippen molar-refractivity contribution in [3.63, 3.8) is 0 Å². The predicted molar refractivity (Wildman–Crippen MR) is 136 cm³/mol. The molecule has 0 aliphatic carbocycles. The maximum Gasteiger partial charge on any atom is 0.416 e. The molecule has 0 amide bonds. The number of anilines is 2. The fraction of sp³-hybridized carbons (Fsp3) is 0.133. The average Bonchev–Trinajstić information content (AvgIpc) is 2.85. The lowest BCUT2D eigenvalue weighted by atomic mass is 9.93. The van der Waals surface area contributed by atoms with Crippen LogP contribution in [0.3, 0.4) is 0 Å². The molecular formula is C30H23F6N. The first kappa shape index (κ1) is 26.1. The monoisotopic (exact) mass is 511 g/mol. The van der Waals surface area contributed by atoms with Crippen molar-refractivity contribution in [2.45, 2.75) is 26.2 Å². The van der Waals surface area contributed by atoms with Crippen LogP contribution >= 0.6 is 0 Å². The third-order valence-electron chi connectivity index (χ3n) is 6.13. The summed E-state index contributed by atoms with van der Waals surface area (Å²) >= 11 is 0. The molecule has 0 saturated heterocycles. The third kappa shape index (κ3) is 6.23. The van der Waals surface area contributed by atoms with Crippen molar-refractivity contribution in [1.82, 2.24) is 0 Å². The highest BCUT2D eigenvalue weighted by molar-refractivity contribution is 5.91. The van der Waals surface area contributed by atoms with Gasteiger partial charge in [0.2, 0.25) is 0 Å². The largest absolute Gasteiger partial charge is 0.416 e. The molecule has 0 fully saturated rings. The Bertz CT molecular complexity index is 1410. The van der Waals surface area contributed by atoms with E-state index >= 15 is 0 Å². The topological polar surface area (TPSA) is 12.0 Å². The lowest BCUT2D eigenvalue weighted by molar-refractivity contribution is -0.138. The zero-order valence-corrected chi connectivity index (χ0v) is 20.0. The Labute approximate surface area is 211 Å². The normalized spacial score (nSPS) is 12.5. The van der Waals surface area contributed by atoms with Gasteiger partial charge in [0.1, 0.15) is 0 Å². The number of halogens is 6. The summed E-state index contributed by atoms with van der Waals surface area (Å²) in [6.45, 7) is 4.03. The molecule has 0 atom stereocenters. The number of hydrogen-bond donors (Lipinski definition) is 1. The van der Waals surface area contributed by atoms with Gasteiger partial charge in [-0.1, -0.05) is 48.5 Å². The number of rotatable bonds is 5. The maximum absolute atomic E-state index is 13.4. The zero-order chi connectivity index (χ0) is 26.8. The van der Waals surface area contributed by atoms with Crippen molar-refractivity contribution in [1.29, 1.82) is 0 Å². The Hall–Kier alpha value is -4.00. The van der Waals surface area contributed by atoms with Gasteiger partial charge in [-0.3, -0.25) is 0 Å². The van der Waals surface area contributed by atoms with E-state index in [1.807, 2.05) is 44.2 Å². The Balaban J connectivity index is 1.73. The van der Waals surface area contributed by atoms with E-state index in [1.54, 1.807) is 18.2 Å². The molecule has 1 nitrogen and oxygen atoms in total. The molecule has 0 spiro atoms. The van der Waals surface area contributed by atoms with Crippen molar-refractivity contribution in [3.05, 3.63) is 130 Å². The molecule has 0 aromatic heterocycles. The number of benzene rings is 4. The van der Waals surface area contributed by atoms with Gasteiger partial charge in [0.25, 0.3) is 0 Å². The van der Waals surface area contributed by atoms with Gasteiger partial charge < -0.3 is 5.32 Å². The molecule has 1 N–H and O–H groups in total. The van der Waals surface area contributed by atoms with Crippen molar-refractivity contribution >= 4 is 23.0 Å². The minimum absolute atomic E-state index is 0.243. The van der Waals surface area contributed by atoms with Crippen LogP contribution in [0.2, 0.25) is 0 Å². The van der Waals surface area contributed by atoms with Gasteiger partial charge in [-0.25, -0.2) is 0 Å². The third-order valence-corrected chi connectivity index (χ3v) is 6.13. The highest BCUT2D eigenvalue weighted by Crippen LogP contribution is 2.35. The van der Waals surface area contributed by atoms with Crippen LogP contribution in [0, 0.1) is 13.8 Å². The van der Waals surface area contributed by atoms with Gasteiger partial charge in [0.15, 0.2) is 0 Å². The van der Waals surface area contributed by atoms with Crippen LogP contribution in [0.5, 0.6) is 0 Å². The summed E-state index contributed by atoms with van der Waals surface area (Å²) < 4.78 is 79.3. The molecule has 0 radical (unpaired) electrons. The van der Waals surface area contributed by atoms with Gasteiger partial charge in [-0.15, -0.1) is 0 Å². The van der Waals surface area contributed by atoms with Crippen molar-refractivity contribution < 1.29 is 26.3 Å². The Morgan fingerprint density at radius 2 is 1.27 bits per heavy atom. The Morgan fingerprint density at radius 3 is 1.89 bits per heavy atom. The zero-order valence-electron chi connectivity index (χ0n) is 20.0. The summed E-state index contributed by atoms with van der Waals surface area (Å²) in [6, 6.07) is 22.3. The Morgan fingerprint density at radius 1 is 0.649 bits per heavy atom. The molecule has 0 bridgehead atoms. The van der Waals surface area contributed by atoms with E-state index < -0.39 is 23.5 Å². The van der Waals surface area contributed by atoms with E-state index in [2.05, 4.69) is 5.32 Å². The van der Waals surface area contributed by atoms with E-state index in [0.29, 0.717) is 16.7 Å². The number of nitrogens with one attached hydrogen (secondary N) is 1. The highest BCUT2D eigenvalue weighted by atomic mass is 19.4. The molecule has 4 aromatic rings. The molecule has 7 heteroatoms. The smallest absolute Gasteiger partial charge is 0.355 e. The molecule has 0 heterocycles. The fourth-order valence-electron chi connectivity index (χ4n) is 3.91. The van der Waals surface area contributed by atoms with Crippen molar-refractivity contribution in [2.75, 3.05) is 5.32 Å². The van der Waals surface area contributed by atoms with Crippen LogP contribution in [-0.2, 0) is 12.4 Å². The second-order valence-electron chi connectivity index (χ2n) is 8.71. The van der Waals surface area contributed by atoms with Crippen LogP contribution in [-0.4, -0.2) is 0 Å². The molecule has 190 valence electrons. The second-order valence-corrected chi connectivity index (χ2v) is 8.71. The van der Waals surface area contributed by atoms with Crippen LogP contribution in [0.4, 0.5) is 37.7 Å². The molecule has 0 aliphatic heterocycles. The summed E-state index contributed by atoms with van der Waals surface area (Å²) in [7, 11) is 0. The van der Waals surface area contributed by atoms with Crippen LogP contribution in [0.1, 0.15) is 38.9 Å². The lowest BCUT2D eigenvalue weighted by Gasteiger charge is -2.14. The van der Waals surface area contributed by atoms with Gasteiger partial charge in [0.05, 0.1) is 11.1 Å². The first-order chi connectivity index (χ1) is 17.4. The van der Waals surface area contributed by atoms with Crippen LogP contribution in [0.25, 0.3) is 11.6 Å². The first-order valence-corrected chi connectivity index (χ1v) is 11.4. The first-order valence-electron chi connectivity index (χ1n) is 11.4. The van der Waals surface area contributed by atoms with Gasteiger partial charge in [-0.05, 0) is 95.8 Å². The average molecular weight is 512 g/mol. The summed E-state index contributed by atoms with van der Waals surface area (Å²) in [6.07, 6.45) is -7.40. The van der Waals surface area contributed by atoms with E-state index in [9.17, 15) is 26.3 Å². The van der Waals surface area contributed by atoms with E-state index in [-0.39, 0.29) is 5.56 Å². The molecule has 0 aliphatic rings. The molecular weight excluding hydrogens is 488 g/mol. The summed E-state index contributed by atoms with van der Waals surface area (Å²) in [5, 5.41) is 3.35. The molecule has 37 heavy (non-hydrogen) atoms. The Kier molecular flexibility index (Phi) is 7.16. The number of alkyl halides is 6. The van der Waals surface area contributed by atoms with Crippen molar-refractivity contribution in [2.24, 2.45) is 0 Å². The number of aryl methyl sites for hydroxylation is 1. The van der Waals surface area contributed by atoms with E-state index in [4.69, 9.17) is 0 Å². The van der Waals surface area contributed by atoms with E-state index in [0.717, 1.165) is 46.8 Å². The predicted octanol–water partition coefficient (Wildman–Crippen LogP) is 9.67. The second kappa shape index (κ2) is 10.2. The van der Waals surface area contributed by atoms with Crippen LogP contribution < -0.4 is 5.32 Å². The minimum atomic E-state index is -4.55. The minimum Gasteiger partial charge on any atom is -0.355 e. The fourth-order valence-corrected chi connectivity index (χ4v) is 3.91. The maximum atomic E-state index is 13.4. The molecule has 4 rings (SSSR count). The molecule has 0 unspecified atom stereocenters. The molecule has 0 saturated carbocycles. The summed E-state index contributed by atoms with van der Waals surface area (Å²) in [4.78, 5) is 0. The summed E-state index contributed by atoms with van der Waals surface area (Å²) in [5.41, 5.74) is 4.02. The quantitative estimate of drug-likeness (QED) is 0.208. The van der Waals surface area contributed by atoms with E-state index in [1.165, 1.54) is 24.3 Å². The van der Waals surface area contributed by atoms with Gasteiger partial charge >= 0.3 is 12.4 Å². The highest BCUT2D eigenvalue weighted by Gasteiger charge is 2.31. The number of hydrogen-bond acceptors (Lipinski definition) is 1. The van der Waals surface area contributed by atoms with Crippen molar-refractivity contribution in [3.8, 4) is 0 Å². The van der Waals surface area contributed by atoms with Crippen LogP contribution in [0.15, 0.2) is 91.0 Å². The molecule has 4 aromatic carbocycles.